The molecule has 0 unspecified atom stereocenters. The topological polar surface area (TPSA) is 72.7 Å². The van der Waals surface area contributed by atoms with E-state index in [9.17, 15) is 22.4 Å². The summed E-state index contributed by atoms with van der Waals surface area (Å²) < 4.78 is 56.0. The number of rotatable bonds is 6. The summed E-state index contributed by atoms with van der Waals surface area (Å²) in [4.78, 5) is 20.6. The van der Waals surface area contributed by atoms with Crippen molar-refractivity contribution in [2.45, 2.75) is 30.7 Å². The van der Waals surface area contributed by atoms with E-state index in [1.165, 1.54) is 18.3 Å². The lowest BCUT2D eigenvalue weighted by Gasteiger charge is -2.22. The van der Waals surface area contributed by atoms with Crippen LogP contribution in [0.15, 0.2) is 66.1 Å². The number of aryl methyl sites for hydroxylation is 1. The van der Waals surface area contributed by atoms with Crippen LogP contribution in [-0.2, 0) is 30.4 Å². The third kappa shape index (κ3) is 5.25. The molecule has 2 aromatic heterocycles. The van der Waals surface area contributed by atoms with Gasteiger partial charge < -0.3 is 5.32 Å². The van der Waals surface area contributed by atoms with Crippen LogP contribution in [0.3, 0.4) is 0 Å². The Balaban J connectivity index is 1.28. The van der Waals surface area contributed by atoms with Crippen LogP contribution in [0.2, 0.25) is 0 Å². The normalized spacial score (nSPS) is 12.7. The summed E-state index contributed by atoms with van der Waals surface area (Å²) in [5, 5.41) is 6.72. The minimum Gasteiger partial charge on any atom is -0.323 e. The molecule has 1 amide bonds. The third-order valence-corrected chi connectivity index (χ3v) is 6.53. The van der Waals surface area contributed by atoms with Gasteiger partial charge in [-0.05, 0) is 36.1 Å². The minimum atomic E-state index is -4.63. The lowest BCUT2D eigenvalue weighted by molar-refractivity contribution is -0.142. The second-order valence-electron chi connectivity index (χ2n) is 8.23. The number of hydrogen-bond acceptors (Lipinski definition) is 5. The van der Waals surface area contributed by atoms with Crippen LogP contribution in [0.5, 0.6) is 0 Å². The first kappa shape index (κ1) is 24.0. The van der Waals surface area contributed by atoms with Crippen molar-refractivity contribution < 1.29 is 22.4 Å². The summed E-state index contributed by atoms with van der Waals surface area (Å²) >= 11 is 0.839. The number of anilines is 1. The van der Waals surface area contributed by atoms with Gasteiger partial charge >= 0.3 is 6.18 Å². The van der Waals surface area contributed by atoms with Gasteiger partial charge in [0.25, 0.3) is 0 Å². The number of nitrogens with zero attached hydrogens (tertiary/aromatic N) is 4. The van der Waals surface area contributed by atoms with Gasteiger partial charge in [-0.2, -0.15) is 18.3 Å². The molecule has 0 radical (unpaired) electrons. The first-order chi connectivity index (χ1) is 17.3. The SMILES string of the molecule is O=C(CSc1nc2c(c(C(F)(F)F)n1)CCc1ccccc1-2)Nc1cnn(Cc2ccc(F)cc2)c1. The Labute approximate surface area is 207 Å². The van der Waals surface area contributed by atoms with Gasteiger partial charge in [-0.3, -0.25) is 9.48 Å². The number of aromatic nitrogens is 4. The fraction of sp³-hybridized carbons (Fsp3) is 0.200. The standard InChI is InChI=1S/C25H19F4N5OS/c26-17-8-5-15(6-9-17)12-34-13-18(11-30-34)31-21(35)14-36-24-32-22-19-4-2-1-3-16(19)7-10-20(22)23(33-24)25(27,28)29/h1-6,8-9,11,13H,7,10,12,14H2,(H,31,35). The van der Waals surface area contributed by atoms with E-state index in [2.05, 4.69) is 20.4 Å². The molecule has 0 fully saturated rings. The largest absolute Gasteiger partial charge is 0.433 e. The minimum absolute atomic E-state index is 0.0866. The van der Waals surface area contributed by atoms with Crippen molar-refractivity contribution in [2.24, 2.45) is 0 Å². The number of fused-ring (bicyclic) bond motifs is 3. The van der Waals surface area contributed by atoms with Crippen molar-refractivity contribution in [3.8, 4) is 11.3 Å². The fourth-order valence-electron chi connectivity index (χ4n) is 4.07. The first-order valence-electron chi connectivity index (χ1n) is 11.0. The number of thioether (sulfide) groups is 1. The van der Waals surface area contributed by atoms with Crippen molar-refractivity contribution in [2.75, 3.05) is 11.1 Å². The highest BCUT2D eigenvalue weighted by atomic mass is 32.2. The zero-order chi connectivity index (χ0) is 25.3. The number of carbonyl (C=O) groups excluding carboxylic acids is 1. The van der Waals surface area contributed by atoms with E-state index in [0.717, 1.165) is 22.9 Å². The Morgan fingerprint density at radius 1 is 1.06 bits per heavy atom. The van der Waals surface area contributed by atoms with Crippen LogP contribution in [0.1, 0.15) is 22.4 Å². The Hall–Kier alpha value is -3.73. The van der Waals surface area contributed by atoms with Crippen molar-refractivity contribution in [1.29, 1.82) is 0 Å². The molecule has 0 saturated heterocycles. The molecule has 0 spiro atoms. The predicted molar refractivity (Wildman–Crippen MR) is 127 cm³/mol. The van der Waals surface area contributed by atoms with Crippen molar-refractivity contribution in [3.05, 3.63) is 89.1 Å². The maximum atomic E-state index is 13.8. The number of halogens is 4. The van der Waals surface area contributed by atoms with Gasteiger partial charge in [0.05, 0.1) is 29.9 Å². The van der Waals surface area contributed by atoms with Crippen LogP contribution < -0.4 is 5.32 Å². The fourth-order valence-corrected chi connectivity index (χ4v) is 4.71. The van der Waals surface area contributed by atoms with E-state index in [1.807, 2.05) is 12.1 Å². The Kier molecular flexibility index (Phi) is 6.48. The lowest BCUT2D eigenvalue weighted by Crippen LogP contribution is -2.19. The second kappa shape index (κ2) is 9.73. The molecule has 0 atom stereocenters. The zero-order valence-corrected chi connectivity index (χ0v) is 19.5. The van der Waals surface area contributed by atoms with Crippen molar-refractivity contribution in [3.63, 3.8) is 0 Å². The van der Waals surface area contributed by atoms with Gasteiger partial charge in [-0.15, -0.1) is 0 Å². The Morgan fingerprint density at radius 3 is 2.61 bits per heavy atom. The first-order valence-corrected chi connectivity index (χ1v) is 12.0. The molecule has 11 heteroatoms. The van der Waals surface area contributed by atoms with E-state index in [0.29, 0.717) is 24.2 Å². The van der Waals surface area contributed by atoms with Crippen LogP contribution in [0.4, 0.5) is 23.2 Å². The lowest BCUT2D eigenvalue weighted by atomic mass is 9.88. The van der Waals surface area contributed by atoms with Gasteiger partial charge in [-0.1, -0.05) is 48.2 Å². The van der Waals surface area contributed by atoms with E-state index in [-0.39, 0.29) is 34.4 Å². The summed E-state index contributed by atoms with van der Waals surface area (Å²) in [7, 11) is 0. The van der Waals surface area contributed by atoms with E-state index in [1.54, 1.807) is 35.1 Å². The maximum absolute atomic E-state index is 13.8. The molecule has 0 aliphatic heterocycles. The third-order valence-electron chi connectivity index (χ3n) is 5.68. The molecular formula is C25H19F4N5OS. The van der Waals surface area contributed by atoms with Gasteiger partial charge in [0.15, 0.2) is 10.9 Å². The summed E-state index contributed by atoms with van der Waals surface area (Å²) in [6.45, 7) is 0.384. The Morgan fingerprint density at radius 2 is 1.83 bits per heavy atom. The molecule has 184 valence electrons. The van der Waals surface area contributed by atoms with Gasteiger partial charge in [0, 0.05) is 17.3 Å². The van der Waals surface area contributed by atoms with Crippen molar-refractivity contribution >= 4 is 23.4 Å². The Bertz CT molecular complexity index is 1420. The van der Waals surface area contributed by atoms with Crippen molar-refractivity contribution in [1.82, 2.24) is 19.7 Å². The molecule has 6 nitrogen and oxygen atoms in total. The molecular weight excluding hydrogens is 494 g/mol. The van der Waals surface area contributed by atoms with Crippen LogP contribution >= 0.6 is 11.8 Å². The molecule has 5 rings (SSSR count). The molecule has 36 heavy (non-hydrogen) atoms. The average Bonchev–Trinajstić information content (AvgIpc) is 3.29. The molecule has 1 aliphatic rings. The van der Waals surface area contributed by atoms with Gasteiger partial charge in [0.1, 0.15) is 5.82 Å². The smallest absolute Gasteiger partial charge is 0.323 e. The monoisotopic (exact) mass is 513 g/mol. The van der Waals surface area contributed by atoms with Crippen LogP contribution in [-0.4, -0.2) is 31.4 Å². The summed E-state index contributed by atoms with van der Waals surface area (Å²) in [6, 6.07) is 13.2. The molecule has 4 aromatic rings. The molecule has 1 aliphatic carbocycles. The second-order valence-corrected chi connectivity index (χ2v) is 9.17. The number of amides is 1. The molecule has 2 heterocycles. The van der Waals surface area contributed by atoms with E-state index in [4.69, 9.17) is 0 Å². The maximum Gasteiger partial charge on any atom is 0.433 e. The van der Waals surface area contributed by atoms with E-state index >= 15 is 0 Å². The number of alkyl halides is 3. The van der Waals surface area contributed by atoms with Gasteiger partial charge in [0.2, 0.25) is 5.91 Å². The number of carbonyl (C=O) groups is 1. The number of nitrogens with one attached hydrogen (secondary N) is 1. The van der Waals surface area contributed by atoms with E-state index < -0.39 is 17.8 Å². The molecule has 2 aromatic carbocycles. The quantitative estimate of drug-likeness (QED) is 0.213. The summed E-state index contributed by atoms with van der Waals surface area (Å²) in [5.74, 6) is -0.948. The molecule has 1 N–H and O–H groups in total. The van der Waals surface area contributed by atoms with Crippen LogP contribution in [0, 0.1) is 5.82 Å². The predicted octanol–water partition coefficient (Wildman–Crippen LogP) is 5.38. The number of hydrogen-bond donors (Lipinski definition) is 1. The zero-order valence-electron chi connectivity index (χ0n) is 18.7. The summed E-state index contributed by atoms with van der Waals surface area (Å²) in [6.07, 6.45) is -0.871. The highest BCUT2D eigenvalue weighted by Crippen LogP contribution is 2.40. The molecule has 0 saturated carbocycles. The highest BCUT2D eigenvalue weighted by Gasteiger charge is 2.38. The average molecular weight is 514 g/mol. The molecule has 0 bridgehead atoms. The number of benzene rings is 2. The van der Waals surface area contributed by atoms with Crippen LogP contribution in [0.25, 0.3) is 11.3 Å². The highest BCUT2D eigenvalue weighted by molar-refractivity contribution is 7.99. The summed E-state index contributed by atoms with van der Waals surface area (Å²) in [5.41, 5.74) is 2.26. The van der Waals surface area contributed by atoms with Gasteiger partial charge in [-0.25, -0.2) is 14.4 Å².